The third kappa shape index (κ3) is 5.78. The summed E-state index contributed by atoms with van der Waals surface area (Å²) in [5.74, 6) is 0.994. The summed E-state index contributed by atoms with van der Waals surface area (Å²) in [6.45, 7) is 3.92. The number of nitrogens with zero attached hydrogens (tertiary/aromatic N) is 5. The van der Waals surface area contributed by atoms with Crippen LogP contribution in [0.25, 0.3) is 11.4 Å². The zero-order valence-electron chi connectivity index (χ0n) is 19.8. The van der Waals surface area contributed by atoms with Crippen molar-refractivity contribution in [2.45, 2.75) is 52.4 Å². The molecule has 8 nitrogen and oxygen atoms in total. The molecule has 0 saturated carbocycles. The Kier molecular flexibility index (Phi) is 7.47. The first kappa shape index (κ1) is 25.1. The van der Waals surface area contributed by atoms with Crippen molar-refractivity contribution in [2.24, 2.45) is 0 Å². The lowest BCUT2D eigenvalue weighted by Gasteiger charge is -2.17. The highest BCUT2D eigenvalue weighted by Crippen LogP contribution is 2.38. The number of alkyl halides is 3. The van der Waals surface area contributed by atoms with Crippen LogP contribution in [0, 0.1) is 6.92 Å². The summed E-state index contributed by atoms with van der Waals surface area (Å²) in [7, 11) is 0. The van der Waals surface area contributed by atoms with Crippen LogP contribution in [-0.4, -0.2) is 30.2 Å². The van der Waals surface area contributed by atoms with E-state index in [4.69, 9.17) is 4.74 Å². The fraction of sp³-hybridized carbons (Fsp3) is 0.320. The molecule has 0 unspecified atom stereocenters. The highest BCUT2D eigenvalue weighted by atomic mass is 19.4. The number of hydrogen-bond donors (Lipinski definition) is 1. The number of H-pyrrole nitrogens is 1. The molecule has 11 heteroatoms. The predicted octanol–water partition coefficient (Wildman–Crippen LogP) is 4.72. The average Bonchev–Trinajstić information content (AvgIpc) is 3.38. The van der Waals surface area contributed by atoms with E-state index >= 15 is 0 Å². The molecule has 0 fully saturated rings. The van der Waals surface area contributed by atoms with E-state index in [1.54, 1.807) is 35.8 Å². The van der Waals surface area contributed by atoms with E-state index in [9.17, 15) is 18.0 Å². The van der Waals surface area contributed by atoms with Gasteiger partial charge in [0, 0.05) is 29.3 Å². The summed E-state index contributed by atoms with van der Waals surface area (Å²) in [6.07, 6.45) is -2.01. The number of aromatic nitrogens is 6. The van der Waals surface area contributed by atoms with Gasteiger partial charge < -0.3 is 4.74 Å². The Morgan fingerprint density at radius 3 is 2.56 bits per heavy atom. The van der Waals surface area contributed by atoms with Gasteiger partial charge >= 0.3 is 6.18 Å². The maximum Gasteiger partial charge on any atom is 0.417 e. The number of ether oxygens (including phenoxy) is 1. The largest absolute Gasteiger partial charge is 0.489 e. The van der Waals surface area contributed by atoms with E-state index in [-0.39, 0.29) is 29.1 Å². The predicted molar refractivity (Wildman–Crippen MR) is 126 cm³/mol. The summed E-state index contributed by atoms with van der Waals surface area (Å²) in [4.78, 5) is 17.1. The van der Waals surface area contributed by atoms with Crippen molar-refractivity contribution in [3.8, 4) is 17.1 Å². The van der Waals surface area contributed by atoms with Crippen molar-refractivity contribution in [1.29, 1.82) is 0 Å². The molecule has 0 aliphatic heterocycles. The van der Waals surface area contributed by atoms with Crippen LogP contribution in [0.1, 0.15) is 48.0 Å². The topological polar surface area (TPSA) is 98.6 Å². The summed E-state index contributed by atoms with van der Waals surface area (Å²) in [6, 6.07) is 12.6. The van der Waals surface area contributed by atoms with Gasteiger partial charge in [0.05, 0.1) is 12.1 Å². The second-order valence-corrected chi connectivity index (χ2v) is 8.35. The molecule has 0 aliphatic carbocycles. The second-order valence-electron chi connectivity index (χ2n) is 8.35. The minimum atomic E-state index is -4.63. The molecule has 0 atom stereocenters. The lowest BCUT2D eigenvalue weighted by atomic mass is 10.0. The van der Waals surface area contributed by atoms with Gasteiger partial charge in [-0.3, -0.25) is 9.36 Å². The van der Waals surface area contributed by atoms with Crippen LogP contribution >= 0.6 is 0 Å². The first-order valence-corrected chi connectivity index (χ1v) is 11.5. The van der Waals surface area contributed by atoms with E-state index in [0.29, 0.717) is 24.4 Å². The number of tetrazole rings is 1. The summed E-state index contributed by atoms with van der Waals surface area (Å²) in [5, 5.41) is 12.9. The number of halogens is 3. The molecule has 0 saturated heterocycles. The van der Waals surface area contributed by atoms with E-state index in [0.717, 1.165) is 24.2 Å². The van der Waals surface area contributed by atoms with Crippen molar-refractivity contribution in [3.05, 3.63) is 87.1 Å². The fourth-order valence-corrected chi connectivity index (χ4v) is 3.93. The lowest BCUT2D eigenvalue weighted by Crippen LogP contribution is -2.25. The van der Waals surface area contributed by atoms with Gasteiger partial charge in [-0.05, 0) is 36.3 Å². The standard InChI is InChI=1S/C25H25F3N6O2/c1-3-4-8-21-29-16(2)13-22(35)34(21)14-17-9-11-19(12-10-17)36-15-18-6-5-7-20(23(18)25(26,27)28)24-30-32-33-31-24/h5-7,9-13H,3-4,8,14-15H2,1-2H3,(H,30,31,32,33). The van der Waals surface area contributed by atoms with E-state index in [1.807, 2.05) is 0 Å². The SMILES string of the molecule is CCCCc1nc(C)cc(=O)n1Cc1ccc(OCc2cccc(-c3nn[nH]n3)c2C(F)(F)F)cc1. The average molecular weight is 499 g/mol. The number of aromatic amines is 1. The van der Waals surface area contributed by atoms with Gasteiger partial charge in [0.2, 0.25) is 5.82 Å². The molecule has 0 aliphatic rings. The molecule has 2 aromatic heterocycles. The van der Waals surface area contributed by atoms with Crippen molar-refractivity contribution in [1.82, 2.24) is 30.2 Å². The minimum absolute atomic E-state index is 0.0493. The number of hydrogen-bond acceptors (Lipinski definition) is 6. The van der Waals surface area contributed by atoms with Gasteiger partial charge in [0.15, 0.2) is 0 Å². The number of aryl methyl sites for hydroxylation is 2. The Labute approximate surface area is 205 Å². The van der Waals surface area contributed by atoms with Crippen LogP contribution in [-0.2, 0) is 25.7 Å². The number of unbranched alkanes of at least 4 members (excludes halogenated alkanes) is 1. The van der Waals surface area contributed by atoms with Gasteiger partial charge in [-0.15, -0.1) is 10.2 Å². The highest BCUT2D eigenvalue weighted by molar-refractivity contribution is 5.62. The minimum Gasteiger partial charge on any atom is -0.489 e. The monoisotopic (exact) mass is 498 g/mol. The molecule has 4 rings (SSSR count). The smallest absolute Gasteiger partial charge is 0.417 e. The summed E-state index contributed by atoms with van der Waals surface area (Å²) in [5.41, 5.74) is 0.329. The van der Waals surface area contributed by atoms with Crippen molar-refractivity contribution >= 4 is 0 Å². The molecular formula is C25H25F3N6O2. The van der Waals surface area contributed by atoms with Crippen molar-refractivity contribution in [2.75, 3.05) is 0 Å². The quantitative estimate of drug-likeness (QED) is 0.359. The van der Waals surface area contributed by atoms with E-state index in [1.165, 1.54) is 24.3 Å². The van der Waals surface area contributed by atoms with Crippen LogP contribution in [0.4, 0.5) is 13.2 Å². The third-order valence-corrected chi connectivity index (χ3v) is 5.65. The Hall–Kier alpha value is -4.02. The summed E-state index contributed by atoms with van der Waals surface area (Å²) >= 11 is 0. The molecule has 0 radical (unpaired) electrons. The van der Waals surface area contributed by atoms with Gasteiger partial charge in [-0.2, -0.15) is 18.4 Å². The normalized spacial score (nSPS) is 11.6. The molecule has 2 heterocycles. The zero-order valence-corrected chi connectivity index (χ0v) is 19.8. The highest BCUT2D eigenvalue weighted by Gasteiger charge is 2.37. The first-order valence-electron chi connectivity index (χ1n) is 11.5. The molecule has 36 heavy (non-hydrogen) atoms. The first-order chi connectivity index (χ1) is 17.3. The molecular weight excluding hydrogens is 473 g/mol. The van der Waals surface area contributed by atoms with E-state index in [2.05, 4.69) is 32.5 Å². The molecule has 0 bridgehead atoms. The van der Waals surface area contributed by atoms with Crippen molar-refractivity contribution < 1.29 is 17.9 Å². The Bertz CT molecular complexity index is 1370. The van der Waals surface area contributed by atoms with Crippen LogP contribution in [0.15, 0.2) is 53.3 Å². The number of benzene rings is 2. The molecule has 188 valence electrons. The maximum absolute atomic E-state index is 13.9. The van der Waals surface area contributed by atoms with Crippen LogP contribution in [0.2, 0.25) is 0 Å². The molecule has 0 spiro atoms. The van der Waals surface area contributed by atoms with Gasteiger partial charge in [-0.1, -0.05) is 43.7 Å². The van der Waals surface area contributed by atoms with Gasteiger partial charge in [0.1, 0.15) is 18.2 Å². The molecule has 2 aromatic carbocycles. The lowest BCUT2D eigenvalue weighted by molar-refractivity contribution is -0.138. The molecule has 0 amide bonds. The fourth-order valence-electron chi connectivity index (χ4n) is 3.93. The Morgan fingerprint density at radius 1 is 1.11 bits per heavy atom. The second kappa shape index (κ2) is 10.7. The van der Waals surface area contributed by atoms with Crippen LogP contribution in [0.3, 0.4) is 0 Å². The van der Waals surface area contributed by atoms with Gasteiger partial charge in [0.25, 0.3) is 5.56 Å². The number of nitrogens with one attached hydrogen (secondary N) is 1. The van der Waals surface area contributed by atoms with Crippen LogP contribution in [0.5, 0.6) is 5.75 Å². The molecule has 4 aromatic rings. The van der Waals surface area contributed by atoms with Crippen LogP contribution < -0.4 is 10.3 Å². The van der Waals surface area contributed by atoms with E-state index < -0.39 is 11.7 Å². The molecule has 1 N–H and O–H groups in total. The zero-order chi connectivity index (χ0) is 25.7. The summed E-state index contributed by atoms with van der Waals surface area (Å²) < 4.78 is 49.0. The Balaban J connectivity index is 1.52. The Morgan fingerprint density at radius 2 is 1.89 bits per heavy atom. The third-order valence-electron chi connectivity index (χ3n) is 5.65. The maximum atomic E-state index is 13.9. The number of rotatable bonds is 9. The van der Waals surface area contributed by atoms with Crippen molar-refractivity contribution in [3.63, 3.8) is 0 Å². The van der Waals surface area contributed by atoms with Gasteiger partial charge in [-0.25, -0.2) is 4.98 Å².